The van der Waals surface area contributed by atoms with Gasteiger partial charge in [0.2, 0.25) is 0 Å². The molecule has 0 rings (SSSR count). The Morgan fingerprint density at radius 2 is 0.774 bits per heavy atom. The van der Waals surface area contributed by atoms with Gasteiger partial charge in [-0.25, -0.2) is 0 Å². The van der Waals surface area contributed by atoms with Crippen LogP contribution in [0, 0.1) is 0 Å². The summed E-state index contributed by atoms with van der Waals surface area (Å²) in [6, 6.07) is 0. The highest BCUT2D eigenvalue weighted by molar-refractivity contribution is 4.93. The van der Waals surface area contributed by atoms with E-state index in [-0.39, 0.29) is 0 Å². The maximum Gasteiger partial charge on any atom is 0.0987 e. The first-order valence-corrected chi connectivity index (χ1v) is 13.4. The fourth-order valence-corrected chi connectivity index (χ4v) is 3.56. The maximum atomic E-state index is 5.71. The van der Waals surface area contributed by atoms with Gasteiger partial charge in [-0.2, -0.15) is 0 Å². The van der Waals surface area contributed by atoms with Gasteiger partial charge in [-0.1, -0.05) is 117 Å². The highest BCUT2D eigenvalue weighted by Crippen LogP contribution is 2.12. The molecular weight excluding hydrogens is 384 g/mol. The minimum Gasteiger partial charge on any atom is -0.467 e. The molecule has 0 fully saturated rings. The van der Waals surface area contributed by atoms with Gasteiger partial charge >= 0.3 is 0 Å². The Morgan fingerprint density at radius 1 is 0.452 bits per heavy atom. The van der Waals surface area contributed by atoms with Gasteiger partial charge in [0.25, 0.3) is 0 Å². The molecule has 0 unspecified atom stereocenters. The first kappa shape index (κ1) is 30.2. The highest BCUT2D eigenvalue weighted by Gasteiger charge is 2.01. The van der Waals surface area contributed by atoms with Gasteiger partial charge < -0.3 is 14.2 Å². The van der Waals surface area contributed by atoms with Gasteiger partial charge in [0.05, 0.1) is 24.7 Å². The molecule has 3 nitrogen and oxygen atoms in total. The molecule has 0 aromatic heterocycles. The number of hydrogen-bond donors (Lipinski definition) is 0. The van der Waals surface area contributed by atoms with Crippen molar-refractivity contribution in [1.29, 1.82) is 0 Å². The Labute approximate surface area is 195 Å². The van der Waals surface area contributed by atoms with Gasteiger partial charge in [-0.3, -0.25) is 0 Å². The van der Waals surface area contributed by atoms with Crippen molar-refractivity contribution in [3.05, 3.63) is 24.7 Å². The van der Waals surface area contributed by atoms with Crippen molar-refractivity contribution in [3.63, 3.8) is 0 Å². The van der Waals surface area contributed by atoms with E-state index in [0.717, 1.165) is 50.4 Å². The minimum absolute atomic E-state index is 0.678. The molecule has 31 heavy (non-hydrogen) atoms. The summed E-state index contributed by atoms with van der Waals surface area (Å²) in [6.45, 7) is 15.5. The average molecular weight is 439 g/mol. The second-order valence-electron chi connectivity index (χ2n) is 8.85. The predicted molar refractivity (Wildman–Crippen MR) is 135 cm³/mol. The Hall–Kier alpha value is -0.800. The third-order valence-corrected chi connectivity index (χ3v) is 5.62. The predicted octanol–water partition coefficient (Wildman–Crippen LogP) is 9.13. The van der Waals surface area contributed by atoms with Crippen LogP contribution >= 0.6 is 0 Å². The van der Waals surface area contributed by atoms with E-state index >= 15 is 0 Å². The molecule has 0 aromatic carbocycles. The third-order valence-electron chi connectivity index (χ3n) is 5.62. The molecule has 0 radical (unpaired) electrons. The van der Waals surface area contributed by atoms with Crippen LogP contribution in [0.15, 0.2) is 24.7 Å². The van der Waals surface area contributed by atoms with E-state index in [1.54, 1.807) is 0 Å². The average Bonchev–Trinajstić information content (AvgIpc) is 2.75. The fourth-order valence-electron chi connectivity index (χ4n) is 3.56. The van der Waals surface area contributed by atoms with Crippen LogP contribution in [0.2, 0.25) is 0 Å². The second kappa shape index (κ2) is 25.5. The number of hydrogen-bond acceptors (Lipinski definition) is 3. The summed E-state index contributed by atoms with van der Waals surface area (Å²) in [4.78, 5) is 0. The van der Waals surface area contributed by atoms with E-state index in [1.807, 2.05) is 0 Å². The zero-order valence-corrected chi connectivity index (χ0v) is 21.2. The van der Waals surface area contributed by atoms with Crippen LogP contribution < -0.4 is 0 Å². The lowest BCUT2D eigenvalue weighted by Crippen LogP contribution is -2.03. The topological polar surface area (TPSA) is 27.7 Å². The van der Waals surface area contributed by atoms with Crippen molar-refractivity contribution in [2.75, 3.05) is 26.4 Å². The lowest BCUT2D eigenvalue weighted by Gasteiger charge is -2.12. The SMILES string of the molecule is C=C(CCOCCCCCCCCCC)OC(=C)CCOCCCCCCCCCC. The Kier molecular flexibility index (Phi) is 24.8. The summed E-state index contributed by atoms with van der Waals surface area (Å²) < 4.78 is 17.1. The van der Waals surface area contributed by atoms with E-state index in [2.05, 4.69) is 27.0 Å². The molecule has 0 bridgehead atoms. The summed E-state index contributed by atoms with van der Waals surface area (Å²) in [5.41, 5.74) is 0. The third kappa shape index (κ3) is 25.3. The van der Waals surface area contributed by atoms with E-state index in [4.69, 9.17) is 14.2 Å². The summed E-state index contributed by atoms with van der Waals surface area (Å²) in [5.74, 6) is 1.48. The first-order chi connectivity index (χ1) is 15.2. The fraction of sp³-hybridized carbons (Fsp3) is 0.857. The molecule has 0 amide bonds. The summed E-state index contributed by atoms with van der Waals surface area (Å²) in [7, 11) is 0. The van der Waals surface area contributed by atoms with Gasteiger partial charge in [0, 0.05) is 26.1 Å². The van der Waals surface area contributed by atoms with Crippen LogP contribution in [0.3, 0.4) is 0 Å². The lowest BCUT2D eigenvalue weighted by atomic mass is 10.1. The Bertz CT molecular complexity index is 356. The largest absolute Gasteiger partial charge is 0.467 e. The minimum atomic E-state index is 0.678. The number of unbranched alkanes of at least 4 members (excludes halogenated alkanes) is 14. The molecule has 0 aromatic rings. The standard InChI is InChI=1S/C28H54O3/c1-5-7-9-11-13-15-17-19-23-29-25-21-27(3)31-28(4)22-26-30-24-20-18-16-14-12-10-8-6-2/h3-26H2,1-2H3. The van der Waals surface area contributed by atoms with E-state index in [1.165, 1.54) is 89.9 Å². The van der Waals surface area contributed by atoms with Crippen LogP contribution in [0.5, 0.6) is 0 Å². The zero-order chi connectivity index (χ0) is 22.8. The smallest absolute Gasteiger partial charge is 0.0987 e. The van der Waals surface area contributed by atoms with Crippen LogP contribution in [-0.2, 0) is 14.2 Å². The van der Waals surface area contributed by atoms with Crippen molar-refractivity contribution >= 4 is 0 Å². The molecule has 0 saturated carbocycles. The van der Waals surface area contributed by atoms with E-state index < -0.39 is 0 Å². The van der Waals surface area contributed by atoms with Crippen molar-refractivity contribution in [3.8, 4) is 0 Å². The molecule has 0 heterocycles. The molecule has 0 aliphatic heterocycles. The number of ether oxygens (including phenoxy) is 3. The molecular formula is C28H54O3. The highest BCUT2D eigenvalue weighted by atomic mass is 16.5. The maximum absolute atomic E-state index is 5.71. The molecule has 0 spiro atoms. The quantitative estimate of drug-likeness (QED) is 0.0995. The zero-order valence-electron chi connectivity index (χ0n) is 21.2. The molecule has 0 aliphatic carbocycles. The Morgan fingerprint density at radius 3 is 1.13 bits per heavy atom. The van der Waals surface area contributed by atoms with Crippen LogP contribution in [0.1, 0.15) is 129 Å². The van der Waals surface area contributed by atoms with Gasteiger partial charge in [0.1, 0.15) is 0 Å². The lowest BCUT2D eigenvalue weighted by molar-refractivity contribution is 0.111. The van der Waals surface area contributed by atoms with Crippen molar-refractivity contribution < 1.29 is 14.2 Å². The summed E-state index contributed by atoms with van der Waals surface area (Å²) in [6.07, 6.45) is 22.7. The summed E-state index contributed by atoms with van der Waals surface area (Å²) in [5, 5.41) is 0. The molecule has 3 heteroatoms. The van der Waals surface area contributed by atoms with Crippen molar-refractivity contribution in [2.45, 2.75) is 129 Å². The normalized spacial score (nSPS) is 11.0. The molecule has 0 aliphatic rings. The van der Waals surface area contributed by atoms with E-state index in [0.29, 0.717) is 13.2 Å². The van der Waals surface area contributed by atoms with E-state index in [9.17, 15) is 0 Å². The van der Waals surface area contributed by atoms with Crippen LogP contribution in [0.25, 0.3) is 0 Å². The van der Waals surface area contributed by atoms with Gasteiger partial charge in [-0.15, -0.1) is 0 Å². The molecule has 0 saturated heterocycles. The Balaban J connectivity index is 3.31. The van der Waals surface area contributed by atoms with Gasteiger partial charge in [0.15, 0.2) is 0 Å². The molecule has 0 N–H and O–H groups in total. The summed E-state index contributed by atoms with van der Waals surface area (Å²) >= 11 is 0. The number of rotatable bonds is 26. The van der Waals surface area contributed by atoms with Crippen molar-refractivity contribution in [1.82, 2.24) is 0 Å². The molecule has 184 valence electrons. The monoisotopic (exact) mass is 438 g/mol. The van der Waals surface area contributed by atoms with Crippen LogP contribution in [-0.4, -0.2) is 26.4 Å². The van der Waals surface area contributed by atoms with Crippen molar-refractivity contribution in [2.24, 2.45) is 0 Å². The molecule has 0 atom stereocenters. The second-order valence-corrected chi connectivity index (χ2v) is 8.85. The first-order valence-electron chi connectivity index (χ1n) is 13.4. The van der Waals surface area contributed by atoms with Gasteiger partial charge in [-0.05, 0) is 12.8 Å². The van der Waals surface area contributed by atoms with Crippen LogP contribution in [0.4, 0.5) is 0 Å².